The van der Waals surface area contributed by atoms with Crippen LogP contribution in [0.5, 0.6) is 11.5 Å². The van der Waals surface area contributed by atoms with Crippen molar-refractivity contribution in [2.24, 2.45) is 0 Å². The van der Waals surface area contributed by atoms with Crippen LogP contribution in [0.1, 0.15) is 22.3 Å². The van der Waals surface area contributed by atoms with E-state index < -0.39 is 0 Å². The molecule has 2 nitrogen and oxygen atoms in total. The smallest absolute Gasteiger partial charge is 0.119 e. The lowest BCUT2D eigenvalue weighted by molar-refractivity contribution is 0.469. The van der Waals surface area contributed by atoms with E-state index in [9.17, 15) is 10.2 Å². The molecule has 4 aromatic carbocycles. The average molecular weight is 368 g/mol. The Kier molecular flexibility index (Phi) is 6.86. The molecular weight excluding hydrogens is 344 g/mol. The average Bonchev–Trinajstić information content (AvgIpc) is 2.74. The van der Waals surface area contributed by atoms with Gasteiger partial charge in [0.05, 0.1) is 0 Å². The molecule has 0 unspecified atom stereocenters. The van der Waals surface area contributed by atoms with Gasteiger partial charge in [0.15, 0.2) is 0 Å². The Morgan fingerprint density at radius 2 is 0.714 bits per heavy atom. The number of rotatable bonds is 4. The van der Waals surface area contributed by atoms with Crippen molar-refractivity contribution >= 4 is 0 Å². The van der Waals surface area contributed by atoms with E-state index in [4.69, 9.17) is 0 Å². The molecule has 2 N–H and O–H groups in total. The molecule has 0 aliphatic rings. The van der Waals surface area contributed by atoms with E-state index in [2.05, 4.69) is 24.3 Å². The maximum Gasteiger partial charge on any atom is 0.119 e. The number of hydrogen-bond donors (Lipinski definition) is 2. The minimum atomic E-state index is 0.372. The van der Waals surface area contributed by atoms with Crippen LogP contribution >= 0.6 is 0 Å². The number of phenolic OH excluding ortho intramolecular Hbond substituents is 2. The quantitative estimate of drug-likeness (QED) is 0.466. The molecule has 0 fully saturated rings. The van der Waals surface area contributed by atoms with Crippen LogP contribution in [0.3, 0.4) is 0 Å². The monoisotopic (exact) mass is 368 g/mol. The molecule has 0 radical (unpaired) electrons. The van der Waals surface area contributed by atoms with Crippen molar-refractivity contribution in [3.63, 3.8) is 0 Å². The fourth-order valence-corrected chi connectivity index (χ4v) is 2.95. The first-order valence-corrected chi connectivity index (χ1v) is 9.34. The molecule has 4 aromatic rings. The van der Waals surface area contributed by atoms with Gasteiger partial charge in [-0.15, -0.1) is 0 Å². The molecule has 0 heterocycles. The molecule has 0 saturated carbocycles. The molecule has 4 rings (SSSR count). The second-order valence-corrected chi connectivity index (χ2v) is 6.58. The molecular formula is C26H24O2. The van der Waals surface area contributed by atoms with E-state index in [1.807, 2.05) is 72.8 Å². The first-order chi connectivity index (χ1) is 13.7. The van der Waals surface area contributed by atoms with Gasteiger partial charge in [0, 0.05) is 12.8 Å². The molecule has 0 atom stereocenters. The summed E-state index contributed by atoms with van der Waals surface area (Å²) in [7, 11) is 0. The van der Waals surface area contributed by atoms with Crippen LogP contribution in [0.15, 0.2) is 109 Å². The highest BCUT2D eigenvalue weighted by atomic mass is 16.3. The van der Waals surface area contributed by atoms with Crippen LogP contribution in [0.25, 0.3) is 0 Å². The lowest BCUT2D eigenvalue weighted by Gasteiger charge is -2.03. The predicted octanol–water partition coefficient (Wildman–Crippen LogP) is 5.97. The van der Waals surface area contributed by atoms with Crippen molar-refractivity contribution in [1.82, 2.24) is 0 Å². The van der Waals surface area contributed by atoms with E-state index in [0.29, 0.717) is 11.5 Å². The van der Waals surface area contributed by atoms with Crippen LogP contribution < -0.4 is 0 Å². The molecule has 28 heavy (non-hydrogen) atoms. The van der Waals surface area contributed by atoms with Crippen molar-refractivity contribution in [3.05, 3.63) is 131 Å². The van der Waals surface area contributed by atoms with Crippen LogP contribution in [-0.4, -0.2) is 10.2 Å². The second kappa shape index (κ2) is 9.98. The van der Waals surface area contributed by atoms with Gasteiger partial charge in [0.25, 0.3) is 0 Å². The standard InChI is InChI=1S/2C13H12O/c2*14-13-9-5-4-8-12(13)10-11-6-2-1-3-7-11/h2*1-9,14H,10H2. The summed E-state index contributed by atoms with van der Waals surface area (Å²) in [5.41, 5.74) is 4.38. The summed E-state index contributed by atoms with van der Waals surface area (Å²) in [5.74, 6) is 0.743. The van der Waals surface area contributed by atoms with Gasteiger partial charge in [0.1, 0.15) is 11.5 Å². The highest BCUT2D eigenvalue weighted by molar-refractivity contribution is 5.37. The summed E-state index contributed by atoms with van der Waals surface area (Å²) >= 11 is 0. The van der Waals surface area contributed by atoms with Crippen molar-refractivity contribution in [2.45, 2.75) is 12.8 Å². The first-order valence-electron chi connectivity index (χ1n) is 9.34. The van der Waals surface area contributed by atoms with Gasteiger partial charge < -0.3 is 10.2 Å². The maximum absolute atomic E-state index is 9.57. The number of phenols is 2. The van der Waals surface area contributed by atoms with Gasteiger partial charge in [-0.05, 0) is 34.4 Å². The lowest BCUT2D eigenvalue weighted by Crippen LogP contribution is -1.87. The summed E-state index contributed by atoms with van der Waals surface area (Å²) in [6.45, 7) is 0. The number of benzene rings is 4. The molecule has 0 aliphatic carbocycles. The first kappa shape index (κ1) is 19.2. The van der Waals surface area contributed by atoms with E-state index in [0.717, 1.165) is 24.0 Å². The zero-order valence-corrected chi connectivity index (χ0v) is 15.7. The SMILES string of the molecule is Oc1ccccc1Cc1ccccc1.Oc1ccccc1Cc1ccccc1. The topological polar surface area (TPSA) is 40.5 Å². The zero-order chi connectivity index (χ0) is 19.6. The number of hydrogen-bond acceptors (Lipinski definition) is 2. The van der Waals surface area contributed by atoms with Crippen molar-refractivity contribution < 1.29 is 10.2 Å². The Morgan fingerprint density at radius 3 is 1.07 bits per heavy atom. The zero-order valence-electron chi connectivity index (χ0n) is 15.7. The van der Waals surface area contributed by atoms with Crippen molar-refractivity contribution in [3.8, 4) is 11.5 Å². The fraction of sp³-hybridized carbons (Fsp3) is 0.0769. The molecule has 0 saturated heterocycles. The summed E-state index contributed by atoms with van der Waals surface area (Å²) in [4.78, 5) is 0. The fourth-order valence-electron chi connectivity index (χ4n) is 2.95. The Labute approximate surface area is 166 Å². The van der Waals surface area contributed by atoms with Gasteiger partial charge in [-0.2, -0.15) is 0 Å². The van der Waals surface area contributed by atoms with Crippen LogP contribution in [0, 0.1) is 0 Å². The molecule has 2 heteroatoms. The number of para-hydroxylation sites is 2. The van der Waals surface area contributed by atoms with E-state index in [1.165, 1.54) is 11.1 Å². The van der Waals surface area contributed by atoms with Gasteiger partial charge in [0.2, 0.25) is 0 Å². The van der Waals surface area contributed by atoms with Crippen LogP contribution in [0.2, 0.25) is 0 Å². The summed E-state index contributed by atoms with van der Waals surface area (Å²) in [6, 6.07) is 35.2. The largest absolute Gasteiger partial charge is 0.508 e. The van der Waals surface area contributed by atoms with Gasteiger partial charge in [-0.1, -0.05) is 97.1 Å². The Bertz CT molecular complexity index is 896. The van der Waals surface area contributed by atoms with Crippen molar-refractivity contribution in [2.75, 3.05) is 0 Å². The minimum Gasteiger partial charge on any atom is -0.508 e. The highest BCUT2D eigenvalue weighted by Crippen LogP contribution is 2.20. The molecule has 0 spiro atoms. The third-order valence-electron chi connectivity index (χ3n) is 4.46. The van der Waals surface area contributed by atoms with Gasteiger partial charge in [-0.25, -0.2) is 0 Å². The summed E-state index contributed by atoms with van der Waals surface area (Å²) in [5, 5.41) is 19.1. The Balaban J connectivity index is 0.000000161. The van der Waals surface area contributed by atoms with E-state index in [-0.39, 0.29) is 0 Å². The third kappa shape index (κ3) is 5.75. The lowest BCUT2D eigenvalue weighted by atomic mass is 10.0. The molecule has 0 aromatic heterocycles. The van der Waals surface area contributed by atoms with Crippen LogP contribution in [-0.2, 0) is 12.8 Å². The van der Waals surface area contributed by atoms with Gasteiger partial charge >= 0.3 is 0 Å². The molecule has 140 valence electrons. The maximum atomic E-state index is 9.57. The van der Waals surface area contributed by atoms with Gasteiger partial charge in [-0.3, -0.25) is 0 Å². The third-order valence-corrected chi connectivity index (χ3v) is 4.46. The molecule has 0 aliphatic heterocycles. The van der Waals surface area contributed by atoms with E-state index >= 15 is 0 Å². The van der Waals surface area contributed by atoms with Crippen molar-refractivity contribution in [1.29, 1.82) is 0 Å². The number of aromatic hydroxyl groups is 2. The van der Waals surface area contributed by atoms with E-state index in [1.54, 1.807) is 12.1 Å². The molecule has 0 amide bonds. The second-order valence-electron chi connectivity index (χ2n) is 6.58. The predicted molar refractivity (Wildman–Crippen MR) is 115 cm³/mol. The Morgan fingerprint density at radius 1 is 0.393 bits per heavy atom. The summed E-state index contributed by atoms with van der Waals surface area (Å²) < 4.78 is 0. The van der Waals surface area contributed by atoms with Crippen LogP contribution in [0.4, 0.5) is 0 Å². The molecule has 0 bridgehead atoms. The Hall–Kier alpha value is -3.52. The highest BCUT2D eigenvalue weighted by Gasteiger charge is 2.00. The normalized spacial score (nSPS) is 10.0. The summed E-state index contributed by atoms with van der Waals surface area (Å²) in [6.07, 6.45) is 1.57. The minimum absolute atomic E-state index is 0.372.